The Labute approximate surface area is 108 Å². The molecule has 2 rings (SSSR count). The van der Waals surface area contributed by atoms with Crippen LogP contribution in [0.4, 0.5) is 0 Å². The second-order valence-corrected chi connectivity index (χ2v) is 6.27. The highest BCUT2D eigenvalue weighted by Gasteiger charge is 2.06. The third-order valence-corrected chi connectivity index (χ3v) is 4.64. The van der Waals surface area contributed by atoms with Crippen LogP contribution in [0.1, 0.15) is 11.3 Å². The smallest absolute Gasteiger partial charge is 0.133 e. The Hall–Kier alpha value is -0.420. The number of hydrogen-bond donors (Lipinski definition) is 1. The molecule has 2 nitrogen and oxygen atoms in total. The molecule has 2 aromatic heterocycles. The maximum atomic E-state index is 5.91. The van der Waals surface area contributed by atoms with E-state index in [2.05, 4.69) is 10.3 Å². The summed E-state index contributed by atoms with van der Waals surface area (Å²) in [4.78, 5) is 6.93. The molecule has 0 amide bonds. The second-order valence-electron chi connectivity index (χ2n) is 3.44. The Kier molecular flexibility index (Phi) is 4.35. The third kappa shape index (κ3) is 3.04. The fourth-order valence-corrected chi connectivity index (χ4v) is 3.46. The van der Waals surface area contributed by atoms with Gasteiger partial charge in [-0.2, -0.15) is 0 Å². The van der Waals surface area contributed by atoms with Gasteiger partial charge in [-0.3, -0.25) is 0 Å². The van der Waals surface area contributed by atoms with Gasteiger partial charge in [-0.15, -0.1) is 22.7 Å². The van der Waals surface area contributed by atoms with Crippen molar-refractivity contribution < 1.29 is 0 Å². The van der Waals surface area contributed by atoms with E-state index in [1.165, 1.54) is 4.88 Å². The highest BCUT2D eigenvalue weighted by molar-refractivity contribution is 7.23. The van der Waals surface area contributed by atoms with Crippen molar-refractivity contribution in [1.82, 2.24) is 10.3 Å². The number of rotatable bonds is 5. The molecule has 2 heterocycles. The molecule has 0 bridgehead atoms. The lowest BCUT2D eigenvalue weighted by Crippen LogP contribution is -2.07. The normalized spacial score (nSPS) is 10.9. The highest BCUT2D eigenvalue weighted by atomic mass is 35.5. The van der Waals surface area contributed by atoms with Gasteiger partial charge < -0.3 is 5.32 Å². The Morgan fingerprint density at radius 3 is 2.94 bits per heavy atom. The molecule has 1 N–H and O–H groups in total. The predicted octanol–water partition coefficient (Wildman–Crippen LogP) is 3.68. The SMILES string of the molecule is CNCCCc1cnc(-c2ccc(Cl)s2)s1. The van der Waals surface area contributed by atoms with Crippen molar-refractivity contribution in [3.63, 3.8) is 0 Å². The maximum absolute atomic E-state index is 5.91. The van der Waals surface area contributed by atoms with E-state index < -0.39 is 0 Å². The molecule has 0 aliphatic heterocycles. The summed E-state index contributed by atoms with van der Waals surface area (Å²) >= 11 is 9.25. The lowest BCUT2D eigenvalue weighted by Gasteiger charge is -1.95. The van der Waals surface area contributed by atoms with Crippen LogP contribution in [-0.2, 0) is 6.42 Å². The van der Waals surface area contributed by atoms with Gasteiger partial charge in [0.05, 0.1) is 9.21 Å². The highest BCUT2D eigenvalue weighted by Crippen LogP contribution is 2.33. The quantitative estimate of drug-likeness (QED) is 0.840. The zero-order valence-corrected chi connectivity index (χ0v) is 11.4. The van der Waals surface area contributed by atoms with E-state index in [-0.39, 0.29) is 0 Å². The van der Waals surface area contributed by atoms with Crippen LogP contribution < -0.4 is 5.32 Å². The molecule has 0 aliphatic rings. The third-order valence-electron chi connectivity index (χ3n) is 2.19. The number of nitrogens with zero attached hydrogens (tertiary/aromatic N) is 1. The Morgan fingerprint density at radius 1 is 1.38 bits per heavy atom. The number of aromatic nitrogens is 1. The lowest BCUT2D eigenvalue weighted by molar-refractivity contribution is 0.729. The van der Waals surface area contributed by atoms with Crippen molar-refractivity contribution in [2.24, 2.45) is 0 Å². The Bertz CT molecular complexity index is 450. The Morgan fingerprint density at radius 2 is 2.25 bits per heavy atom. The largest absolute Gasteiger partial charge is 0.320 e. The van der Waals surface area contributed by atoms with Crippen LogP contribution in [0.15, 0.2) is 18.3 Å². The molecule has 0 saturated heterocycles. The van der Waals surface area contributed by atoms with Crippen LogP contribution in [0.2, 0.25) is 4.34 Å². The van der Waals surface area contributed by atoms with E-state index in [0.717, 1.165) is 33.6 Å². The van der Waals surface area contributed by atoms with Crippen molar-refractivity contribution >= 4 is 34.3 Å². The van der Waals surface area contributed by atoms with Gasteiger partial charge in [-0.1, -0.05) is 11.6 Å². The molecular weight excluding hydrogens is 260 g/mol. The standard InChI is InChI=1S/C11H13ClN2S2/c1-13-6-2-3-8-7-14-11(15-8)9-4-5-10(12)16-9/h4-5,7,13H,2-3,6H2,1H3. The van der Waals surface area contributed by atoms with Gasteiger partial charge in [0.1, 0.15) is 5.01 Å². The summed E-state index contributed by atoms with van der Waals surface area (Å²) in [5.74, 6) is 0. The molecule has 5 heteroatoms. The van der Waals surface area contributed by atoms with Gasteiger partial charge in [0.25, 0.3) is 0 Å². The molecule has 86 valence electrons. The van der Waals surface area contributed by atoms with E-state index in [0.29, 0.717) is 0 Å². The molecule has 2 aromatic rings. The number of hydrogen-bond acceptors (Lipinski definition) is 4. The first-order chi connectivity index (χ1) is 7.79. The van der Waals surface area contributed by atoms with E-state index in [1.54, 1.807) is 22.7 Å². The summed E-state index contributed by atoms with van der Waals surface area (Å²) in [6, 6.07) is 3.95. The van der Waals surface area contributed by atoms with Gasteiger partial charge in [0.15, 0.2) is 0 Å². The van der Waals surface area contributed by atoms with Crippen molar-refractivity contribution in [2.75, 3.05) is 13.6 Å². The average Bonchev–Trinajstić information content (AvgIpc) is 2.87. The number of thiophene rings is 1. The zero-order chi connectivity index (χ0) is 11.4. The number of aryl methyl sites for hydroxylation is 1. The van der Waals surface area contributed by atoms with Crippen molar-refractivity contribution in [3.05, 3.63) is 27.5 Å². The molecule has 16 heavy (non-hydrogen) atoms. The second kappa shape index (κ2) is 5.77. The minimum absolute atomic E-state index is 0.821. The molecule has 0 aliphatic carbocycles. The van der Waals surface area contributed by atoms with Gasteiger partial charge in [0, 0.05) is 11.1 Å². The van der Waals surface area contributed by atoms with Crippen LogP contribution in [0.3, 0.4) is 0 Å². The van der Waals surface area contributed by atoms with Gasteiger partial charge in [-0.05, 0) is 38.6 Å². The molecule has 0 unspecified atom stereocenters. The van der Waals surface area contributed by atoms with Crippen LogP contribution >= 0.6 is 34.3 Å². The number of halogens is 1. The molecule has 0 spiro atoms. The van der Waals surface area contributed by atoms with Crippen molar-refractivity contribution in [3.8, 4) is 9.88 Å². The fourth-order valence-electron chi connectivity index (χ4n) is 1.41. The van der Waals surface area contributed by atoms with E-state index in [1.807, 2.05) is 25.4 Å². The van der Waals surface area contributed by atoms with Gasteiger partial charge in [-0.25, -0.2) is 4.98 Å². The van der Waals surface area contributed by atoms with Gasteiger partial charge in [0.2, 0.25) is 0 Å². The Balaban J connectivity index is 2.02. The monoisotopic (exact) mass is 272 g/mol. The lowest BCUT2D eigenvalue weighted by atomic mass is 10.3. The molecular formula is C11H13ClN2S2. The number of thiazole rings is 1. The molecule has 0 aromatic carbocycles. The minimum Gasteiger partial charge on any atom is -0.320 e. The first-order valence-electron chi connectivity index (χ1n) is 5.14. The summed E-state index contributed by atoms with van der Waals surface area (Å²) in [6.07, 6.45) is 4.23. The van der Waals surface area contributed by atoms with Crippen LogP contribution in [0, 0.1) is 0 Å². The zero-order valence-electron chi connectivity index (χ0n) is 9.00. The minimum atomic E-state index is 0.821. The maximum Gasteiger partial charge on any atom is 0.133 e. The van der Waals surface area contributed by atoms with E-state index in [9.17, 15) is 0 Å². The van der Waals surface area contributed by atoms with Gasteiger partial charge >= 0.3 is 0 Å². The van der Waals surface area contributed by atoms with E-state index >= 15 is 0 Å². The van der Waals surface area contributed by atoms with Crippen LogP contribution in [0.25, 0.3) is 9.88 Å². The molecule has 0 atom stereocenters. The summed E-state index contributed by atoms with van der Waals surface area (Å²) in [7, 11) is 1.98. The van der Waals surface area contributed by atoms with Crippen molar-refractivity contribution in [1.29, 1.82) is 0 Å². The summed E-state index contributed by atoms with van der Waals surface area (Å²) in [6.45, 7) is 1.05. The first-order valence-corrected chi connectivity index (χ1v) is 7.15. The number of nitrogens with one attached hydrogen (secondary N) is 1. The fraction of sp³-hybridized carbons (Fsp3) is 0.364. The van der Waals surface area contributed by atoms with Crippen molar-refractivity contribution in [2.45, 2.75) is 12.8 Å². The topological polar surface area (TPSA) is 24.9 Å². The molecule has 0 saturated carbocycles. The summed E-state index contributed by atoms with van der Waals surface area (Å²) in [5, 5.41) is 4.23. The summed E-state index contributed by atoms with van der Waals surface area (Å²) in [5.41, 5.74) is 0. The summed E-state index contributed by atoms with van der Waals surface area (Å²) < 4.78 is 0.821. The molecule has 0 radical (unpaired) electrons. The van der Waals surface area contributed by atoms with Crippen LogP contribution in [-0.4, -0.2) is 18.6 Å². The first kappa shape index (κ1) is 12.0. The predicted molar refractivity (Wildman–Crippen MR) is 72.7 cm³/mol. The van der Waals surface area contributed by atoms with E-state index in [4.69, 9.17) is 11.6 Å². The average molecular weight is 273 g/mol. The van der Waals surface area contributed by atoms with Crippen LogP contribution in [0.5, 0.6) is 0 Å². The molecule has 0 fully saturated rings.